The lowest BCUT2D eigenvalue weighted by Gasteiger charge is -2.08. The molecule has 0 unspecified atom stereocenters. The SMILES string of the molecule is C/C(=N\NC(=O)Cc1c(Cl)cccc1Cl)c1cccc(NC(=O)c2ccncc2)c1. The maximum Gasteiger partial charge on any atom is 0.255 e. The minimum Gasteiger partial charge on any atom is -0.322 e. The van der Waals surface area contributed by atoms with Gasteiger partial charge in [0.25, 0.3) is 5.91 Å². The van der Waals surface area contributed by atoms with Crippen molar-refractivity contribution in [1.82, 2.24) is 10.4 Å². The van der Waals surface area contributed by atoms with Gasteiger partial charge in [0.2, 0.25) is 5.91 Å². The summed E-state index contributed by atoms with van der Waals surface area (Å²) in [5.41, 5.74) is 5.50. The van der Waals surface area contributed by atoms with Crippen molar-refractivity contribution in [2.24, 2.45) is 5.10 Å². The Morgan fingerprint density at radius 2 is 1.63 bits per heavy atom. The van der Waals surface area contributed by atoms with Gasteiger partial charge in [-0.25, -0.2) is 5.43 Å². The number of pyridine rings is 1. The first kappa shape index (κ1) is 21.5. The van der Waals surface area contributed by atoms with Gasteiger partial charge in [-0.3, -0.25) is 14.6 Å². The highest BCUT2D eigenvalue weighted by Gasteiger charge is 2.11. The zero-order valence-corrected chi connectivity index (χ0v) is 17.5. The number of rotatable bonds is 6. The second-order valence-electron chi connectivity index (χ2n) is 6.38. The van der Waals surface area contributed by atoms with Gasteiger partial charge in [-0.15, -0.1) is 0 Å². The summed E-state index contributed by atoms with van der Waals surface area (Å²) >= 11 is 12.2. The van der Waals surface area contributed by atoms with Gasteiger partial charge in [0, 0.05) is 33.7 Å². The lowest BCUT2D eigenvalue weighted by Crippen LogP contribution is -2.21. The fraction of sp³-hybridized carbons (Fsp3) is 0.0909. The van der Waals surface area contributed by atoms with Crippen LogP contribution in [0, 0.1) is 0 Å². The van der Waals surface area contributed by atoms with E-state index in [9.17, 15) is 9.59 Å². The molecule has 0 aliphatic rings. The molecule has 0 saturated carbocycles. The van der Waals surface area contributed by atoms with Crippen molar-refractivity contribution in [3.63, 3.8) is 0 Å². The third-order valence-corrected chi connectivity index (χ3v) is 4.94. The normalized spacial score (nSPS) is 11.1. The second kappa shape index (κ2) is 10.0. The molecule has 0 spiro atoms. The average molecular weight is 441 g/mol. The van der Waals surface area contributed by atoms with Crippen LogP contribution in [0.25, 0.3) is 0 Å². The van der Waals surface area contributed by atoms with Crippen molar-refractivity contribution in [2.45, 2.75) is 13.3 Å². The van der Waals surface area contributed by atoms with Gasteiger partial charge in [0.15, 0.2) is 0 Å². The number of benzene rings is 2. The predicted molar refractivity (Wildman–Crippen MR) is 119 cm³/mol. The highest BCUT2D eigenvalue weighted by molar-refractivity contribution is 6.36. The molecule has 3 rings (SSSR count). The van der Waals surface area contributed by atoms with Crippen LogP contribution in [-0.2, 0) is 11.2 Å². The summed E-state index contributed by atoms with van der Waals surface area (Å²) in [6.45, 7) is 1.76. The van der Waals surface area contributed by atoms with E-state index in [2.05, 4.69) is 20.8 Å². The molecule has 2 amide bonds. The van der Waals surface area contributed by atoms with Crippen molar-refractivity contribution in [2.75, 3.05) is 5.32 Å². The summed E-state index contributed by atoms with van der Waals surface area (Å²) in [6, 6.07) is 15.5. The van der Waals surface area contributed by atoms with Gasteiger partial charge in [-0.1, -0.05) is 41.4 Å². The molecule has 0 saturated heterocycles. The van der Waals surface area contributed by atoms with Gasteiger partial charge in [0.05, 0.1) is 12.1 Å². The first-order valence-electron chi connectivity index (χ1n) is 9.02. The van der Waals surface area contributed by atoms with Gasteiger partial charge < -0.3 is 5.32 Å². The molecule has 0 radical (unpaired) electrons. The molecule has 0 aliphatic carbocycles. The molecular formula is C22H18Cl2N4O2. The standard InChI is InChI=1S/C22H18Cl2N4O2/c1-14(27-28-21(29)13-18-19(23)6-3-7-20(18)24)16-4-2-5-17(12-16)26-22(30)15-8-10-25-11-9-15/h2-12H,13H2,1H3,(H,26,30)(H,28,29)/b27-14+. The number of nitrogens with zero attached hydrogens (tertiary/aromatic N) is 2. The van der Waals surface area contributed by atoms with Crippen LogP contribution in [0.2, 0.25) is 10.0 Å². The van der Waals surface area contributed by atoms with Crippen molar-refractivity contribution in [1.29, 1.82) is 0 Å². The van der Waals surface area contributed by atoms with Crippen LogP contribution in [-0.4, -0.2) is 22.5 Å². The lowest BCUT2D eigenvalue weighted by molar-refractivity contribution is -0.120. The Morgan fingerprint density at radius 3 is 2.33 bits per heavy atom. The summed E-state index contributed by atoms with van der Waals surface area (Å²) in [5.74, 6) is -0.583. The van der Waals surface area contributed by atoms with Crippen LogP contribution in [0.4, 0.5) is 5.69 Å². The van der Waals surface area contributed by atoms with E-state index >= 15 is 0 Å². The highest BCUT2D eigenvalue weighted by Crippen LogP contribution is 2.24. The number of amides is 2. The predicted octanol–water partition coefficient (Wildman–Crippen LogP) is 4.72. The third kappa shape index (κ3) is 5.65. The molecule has 2 aromatic carbocycles. The van der Waals surface area contributed by atoms with Crippen LogP contribution in [0.1, 0.15) is 28.4 Å². The Bertz CT molecular complexity index is 1080. The Kier molecular flexibility index (Phi) is 7.17. The van der Waals surface area contributed by atoms with Crippen molar-refractivity contribution in [3.8, 4) is 0 Å². The minimum absolute atomic E-state index is 0.0112. The molecule has 0 fully saturated rings. The summed E-state index contributed by atoms with van der Waals surface area (Å²) in [6.07, 6.45) is 3.12. The van der Waals surface area contributed by atoms with Crippen LogP contribution in [0.5, 0.6) is 0 Å². The van der Waals surface area contributed by atoms with E-state index in [1.54, 1.807) is 67.8 Å². The summed E-state index contributed by atoms with van der Waals surface area (Å²) < 4.78 is 0. The molecule has 3 aromatic rings. The number of nitrogens with one attached hydrogen (secondary N) is 2. The van der Waals surface area contributed by atoms with Crippen molar-refractivity contribution >= 4 is 46.4 Å². The Morgan fingerprint density at radius 1 is 0.967 bits per heavy atom. The topological polar surface area (TPSA) is 83.5 Å². The third-order valence-electron chi connectivity index (χ3n) is 4.23. The van der Waals surface area contributed by atoms with Crippen LogP contribution in [0.15, 0.2) is 72.1 Å². The quantitative estimate of drug-likeness (QED) is 0.429. The number of halogens is 2. The fourth-order valence-corrected chi connectivity index (χ4v) is 3.17. The Hall–Kier alpha value is -3.22. The molecule has 30 heavy (non-hydrogen) atoms. The molecule has 0 aliphatic heterocycles. The van der Waals surface area contributed by atoms with Crippen LogP contribution in [0.3, 0.4) is 0 Å². The maximum absolute atomic E-state index is 12.3. The van der Waals surface area contributed by atoms with Crippen molar-refractivity contribution < 1.29 is 9.59 Å². The Balaban J connectivity index is 1.65. The number of hydrazone groups is 1. The summed E-state index contributed by atoms with van der Waals surface area (Å²) in [4.78, 5) is 28.4. The fourth-order valence-electron chi connectivity index (χ4n) is 2.64. The Labute approximate surface area is 183 Å². The molecule has 1 heterocycles. The van der Waals surface area contributed by atoms with E-state index < -0.39 is 0 Å². The van der Waals surface area contributed by atoms with Gasteiger partial charge >= 0.3 is 0 Å². The van der Waals surface area contributed by atoms with Gasteiger partial charge in [-0.2, -0.15) is 5.10 Å². The smallest absolute Gasteiger partial charge is 0.255 e. The molecule has 1 aromatic heterocycles. The van der Waals surface area contributed by atoms with E-state index in [0.717, 1.165) is 5.56 Å². The monoisotopic (exact) mass is 440 g/mol. The molecule has 0 atom stereocenters. The number of carbonyl (C=O) groups excluding carboxylic acids is 2. The number of hydrogen-bond acceptors (Lipinski definition) is 4. The van der Waals surface area contributed by atoms with E-state index in [1.165, 1.54) is 0 Å². The van der Waals surface area contributed by atoms with Gasteiger partial charge in [-0.05, 0) is 54.4 Å². The van der Waals surface area contributed by atoms with Gasteiger partial charge in [0.1, 0.15) is 0 Å². The number of hydrogen-bond donors (Lipinski definition) is 2. The molecule has 6 nitrogen and oxygen atoms in total. The molecule has 0 bridgehead atoms. The zero-order chi connectivity index (χ0) is 21.5. The second-order valence-corrected chi connectivity index (χ2v) is 7.19. The first-order valence-corrected chi connectivity index (χ1v) is 9.77. The number of carbonyl (C=O) groups is 2. The zero-order valence-electron chi connectivity index (χ0n) is 16.0. The average Bonchev–Trinajstić information content (AvgIpc) is 2.75. The van der Waals surface area contributed by atoms with E-state index in [1.807, 2.05) is 6.07 Å². The van der Waals surface area contributed by atoms with Crippen LogP contribution < -0.4 is 10.7 Å². The molecule has 2 N–H and O–H groups in total. The van der Waals surface area contributed by atoms with E-state index in [-0.39, 0.29) is 18.2 Å². The largest absolute Gasteiger partial charge is 0.322 e. The molecule has 8 heteroatoms. The summed E-state index contributed by atoms with van der Waals surface area (Å²) in [7, 11) is 0. The maximum atomic E-state index is 12.3. The minimum atomic E-state index is -0.341. The van der Waals surface area contributed by atoms with E-state index in [4.69, 9.17) is 23.2 Å². The first-order chi connectivity index (χ1) is 14.4. The number of aromatic nitrogens is 1. The van der Waals surface area contributed by atoms with E-state index in [0.29, 0.717) is 32.6 Å². The lowest BCUT2D eigenvalue weighted by atomic mass is 10.1. The highest BCUT2D eigenvalue weighted by atomic mass is 35.5. The molecule has 152 valence electrons. The number of anilines is 1. The summed E-state index contributed by atoms with van der Waals surface area (Å²) in [5, 5.41) is 7.82. The van der Waals surface area contributed by atoms with Crippen LogP contribution >= 0.6 is 23.2 Å². The van der Waals surface area contributed by atoms with Crippen molar-refractivity contribution in [3.05, 3.63) is 93.7 Å². The molecular weight excluding hydrogens is 423 g/mol.